The average molecular weight is 275 g/mol. The number of aromatic carboxylic acids is 1. The molecule has 0 saturated heterocycles. The van der Waals surface area contributed by atoms with E-state index in [0.717, 1.165) is 24.6 Å². The van der Waals surface area contributed by atoms with E-state index in [1.54, 1.807) is 12.1 Å². The van der Waals surface area contributed by atoms with Gasteiger partial charge in [-0.2, -0.15) is 0 Å². The first-order valence-corrected chi connectivity index (χ1v) is 7.49. The van der Waals surface area contributed by atoms with Crippen LogP contribution in [-0.4, -0.2) is 17.6 Å². The molecule has 1 unspecified atom stereocenters. The van der Waals surface area contributed by atoms with Gasteiger partial charge in [-0.15, -0.1) is 0 Å². The van der Waals surface area contributed by atoms with Gasteiger partial charge in [-0.25, -0.2) is 4.79 Å². The minimum atomic E-state index is -0.860. The molecule has 1 fully saturated rings. The Hall–Kier alpha value is -1.35. The first kappa shape index (κ1) is 15.0. The summed E-state index contributed by atoms with van der Waals surface area (Å²) < 4.78 is 0. The van der Waals surface area contributed by atoms with Crippen LogP contribution in [-0.2, 0) is 6.54 Å². The van der Waals surface area contributed by atoms with Crippen molar-refractivity contribution in [1.82, 2.24) is 5.32 Å². The summed E-state index contributed by atoms with van der Waals surface area (Å²) in [6.45, 7) is 6.49. The molecular formula is C17H25NO2. The molecular weight excluding hydrogens is 250 g/mol. The van der Waals surface area contributed by atoms with Crippen molar-refractivity contribution in [3.05, 3.63) is 35.4 Å². The standard InChI is InChI=1S/C17H25NO2/c1-17(2)8-4-6-14(10-17)12-18-11-13-5-3-7-15(9-13)16(19)20/h3,5,7,9,14,18H,4,6,8,10-12H2,1-2H3,(H,19,20). The Kier molecular flexibility index (Phi) is 4.81. The van der Waals surface area contributed by atoms with E-state index in [2.05, 4.69) is 19.2 Å². The third-order valence-electron chi connectivity index (χ3n) is 4.24. The monoisotopic (exact) mass is 275 g/mol. The van der Waals surface area contributed by atoms with Crippen molar-refractivity contribution < 1.29 is 9.90 Å². The van der Waals surface area contributed by atoms with Crippen LogP contribution in [0.2, 0.25) is 0 Å². The maximum absolute atomic E-state index is 10.9. The van der Waals surface area contributed by atoms with E-state index in [1.165, 1.54) is 25.7 Å². The predicted molar refractivity (Wildman–Crippen MR) is 80.8 cm³/mol. The molecule has 1 aliphatic carbocycles. The number of hydrogen-bond donors (Lipinski definition) is 2. The molecule has 0 radical (unpaired) electrons. The molecule has 0 amide bonds. The summed E-state index contributed by atoms with van der Waals surface area (Å²) in [4.78, 5) is 10.9. The molecule has 1 aromatic carbocycles. The Labute approximate surface area is 121 Å². The summed E-state index contributed by atoms with van der Waals surface area (Å²) >= 11 is 0. The fourth-order valence-electron chi connectivity index (χ4n) is 3.26. The van der Waals surface area contributed by atoms with Crippen LogP contribution < -0.4 is 5.32 Å². The summed E-state index contributed by atoms with van der Waals surface area (Å²) in [5.74, 6) is -0.109. The van der Waals surface area contributed by atoms with E-state index in [-0.39, 0.29) is 0 Å². The second-order valence-electron chi connectivity index (χ2n) is 6.76. The number of benzene rings is 1. The smallest absolute Gasteiger partial charge is 0.335 e. The predicted octanol–water partition coefficient (Wildman–Crippen LogP) is 3.69. The van der Waals surface area contributed by atoms with Gasteiger partial charge in [0.05, 0.1) is 5.56 Å². The Morgan fingerprint density at radius 2 is 2.25 bits per heavy atom. The molecule has 2 rings (SSSR count). The van der Waals surface area contributed by atoms with Crippen molar-refractivity contribution in [2.24, 2.45) is 11.3 Å². The van der Waals surface area contributed by atoms with E-state index in [4.69, 9.17) is 5.11 Å². The van der Waals surface area contributed by atoms with Gasteiger partial charge in [0.15, 0.2) is 0 Å². The van der Waals surface area contributed by atoms with Crippen LogP contribution in [0.1, 0.15) is 55.5 Å². The van der Waals surface area contributed by atoms with Gasteiger partial charge in [-0.3, -0.25) is 0 Å². The van der Waals surface area contributed by atoms with E-state index in [1.807, 2.05) is 12.1 Å². The van der Waals surface area contributed by atoms with Crippen LogP contribution in [0.15, 0.2) is 24.3 Å². The SMILES string of the molecule is CC1(C)CCCC(CNCc2cccc(C(=O)O)c2)C1. The number of carboxylic acids is 1. The van der Waals surface area contributed by atoms with Crippen LogP contribution in [0.3, 0.4) is 0 Å². The highest BCUT2D eigenvalue weighted by molar-refractivity contribution is 5.87. The molecule has 1 atom stereocenters. The lowest BCUT2D eigenvalue weighted by atomic mass is 9.72. The van der Waals surface area contributed by atoms with E-state index >= 15 is 0 Å². The van der Waals surface area contributed by atoms with Crippen molar-refractivity contribution >= 4 is 5.97 Å². The minimum absolute atomic E-state index is 0.364. The Balaban J connectivity index is 1.81. The van der Waals surface area contributed by atoms with Crippen LogP contribution in [0.25, 0.3) is 0 Å². The molecule has 1 aliphatic rings. The Morgan fingerprint density at radius 3 is 2.95 bits per heavy atom. The largest absolute Gasteiger partial charge is 0.478 e. The lowest BCUT2D eigenvalue weighted by Crippen LogP contribution is -2.30. The molecule has 0 aromatic heterocycles. The quantitative estimate of drug-likeness (QED) is 0.861. The lowest BCUT2D eigenvalue weighted by molar-refractivity contribution is 0.0696. The zero-order valence-electron chi connectivity index (χ0n) is 12.5. The van der Waals surface area contributed by atoms with Gasteiger partial charge >= 0.3 is 5.97 Å². The van der Waals surface area contributed by atoms with E-state index in [9.17, 15) is 4.79 Å². The Morgan fingerprint density at radius 1 is 1.45 bits per heavy atom. The van der Waals surface area contributed by atoms with E-state index in [0.29, 0.717) is 11.0 Å². The molecule has 1 saturated carbocycles. The highest BCUT2D eigenvalue weighted by atomic mass is 16.4. The highest BCUT2D eigenvalue weighted by Crippen LogP contribution is 2.38. The van der Waals surface area contributed by atoms with Gasteiger partial charge in [-0.1, -0.05) is 32.4 Å². The minimum Gasteiger partial charge on any atom is -0.478 e. The van der Waals surface area contributed by atoms with Gasteiger partial charge < -0.3 is 10.4 Å². The van der Waals surface area contributed by atoms with Gasteiger partial charge in [0.2, 0.25) is 0 Å². The normalized spacial score (nSPS) is 21.6. The molecule has 3 nitrogen and oxygen atoms in total. The molecule has 0 heterocycles. The zero-order valence-corrected chi connectivity index (χ0v) is 12.5. The first-order chi connectivity index (χ1) is 9.46. The third kappa shape index (κ3) is 4.34. The maximum Gasteiger partial charge on any atom is 0.335 e. The van der Waals surface area contributed by atoms with Gasteiger partial charge in [0.1, 0.15) is 0 Å². The summed E-state index contributed by atoms with van der Waals surface area (Å²) in [6.07, 6.45) is 5.26. The summed E-state index contributed by atoms with van der Waals surface area (Å²) in [5.41, 5.74) is 1.89. The van der Waals surface area contributed by atoms with Gasteiger partial charge in [0, 0.05) is 6.54 Å². The molecule has 20 heavy (non-hydrogen) atoms. The first-order valence-electron chi connectivity index (χ1n) is 7.49. The van der Waals surface area contributed by atoms with Crippen LogP contribution >= 0.6 is 0 Å². The fourth-order valence-corrected chi connectivity index (χ4v) is 3.26. The second kappa shape index (κ2) is 6.40. The van der Waals surface area contributed by atoms with Crippen molar-refractivity contribution in [3.8, 4) is 0 Å². The fraction of sp³-hybridized carbons (Fsp3) is 0.588. The van der Waals surface area contributed by atoms with Gasteiger partial charge in [-0.05, 0) is 54.8 Å². The number of hydrogen-bond acceptors (Lipinski definition) is 2. The molecule has 0 aliphatic heterocycles. The van der Waals surface area contributed by atoms with Crippen molar-refractivity contribution in [1.29, 1.82) is 0 Å². The highest BCUT2D eigenvalue weighted by Gasteiger charge is 2.27. The molecule has 0 bridgehead atoms. The van der Waals surface area contributed by atoms with Crippen LogP contribution in [0.5, 0.6) is 0 Å². The number of rotatable bonds is 5. The number of nitrogens with one attached hydrogen (secondary N) is 1. The van der Waals surface area contributed by atoms with Crippen molar-refractivity contribution in [2.45, 2.75) is 46.1 Å². The van der Waals surface area contributed by atoms with Crippen molar-refractivity contribution in [2.75, 3.05) is 6.54 Å². The molecule has 110 valence electrons. The molecule has 1 aromatic rings. The summed E-state index contributed by atoms with van der Waals surface area (Å²) in [7, 11) is 0. The Bertz CT molecular complexity index is 468. The number of carboxylic acid groups (broad SMARTS) is 1. The summed E-state index contributed by atoms with van der Waals surface area (Å²) in [6, 6.07) is 7.17. The third-order valence-corrected chi connectivity index (χ3v) is 4.24. The van der Waals surface area contributed by atoms with Crippen LogP contribution in [0, 0.1) is 11.3 Å². The van der Waals surface area contributed by atoms with Gasteiger partial charge in [0.25, 0.3) is 0 Å². The molecule has 2 N–H and O–H groups in total. The second-order valence-corrected chi connectivity index (χ2v) is 6.76. The number of carbonyl (C=O) groups is 1. The summed E-state index contributed by atoms with van der Waals surface area (Å²) in [5, 5.41) is 12.5. The lowest BCUT2D eigenvalue weighted by Gasteiger charge is -2.35. The molecule has 0 spiro atoms. The molecule has 3 heteroatoms. The zero-order chi connectivity index (χ0) is 14.6. The van der Waals surface area contributed by atoms with Crippen LogP contribution in [0.4, 0.5) is 0 Å². The van der Waals surface area contributed by atoms with E-state index < -0.39 is 5.97 Å². The van der Waals surface area contributed by atoms with Crippen molar-refractivity contribution in [3.63, 3.8) is 0 Å². The topological polar surface area (TPSA) is 49.3 Å². The maximum atomic E-state index is 10.9. The average Bonchev–Trinajstić information content (AvgIpc) is 2.38.